The molecule has 12 heavy (non-hydrogen) atoms. The molecule has 3 N–H and O–H groups in total. The van der Waals surface area contributed by atoms with Gasteiger partial charge in [0, 0.05) is 13.1 Å². The third-order valence-electron chi connectivity index (χ3n) is 2.08. The number of aliphatic hydroxyl groups is 1. The van der Waals surface area contributed by atoms with Gasteiger partial charge in [0.05, 0.1) is 12.5 Å². The number of piperidine rings is 1. The Morgan fingerprint density at radius 2 is 2.50 bits per heavy atom. The van der Waals surface area contributed by atoms with Crippen LogP contribution in [0.25, 0.3) is 0 Å². The van der Waals surface area contributed by atoms with Crippen LogP contribution in [0, 0.1) is 5.92 Å². The van der Waals surface area contributed by atoms with Gasteiger partial charge >= 0.3 is 0 Å². The molecule has 1 aliphatic heterocycles. The van der Waals surface area contributed by atoms with Crippen molar-refractivity contribution in [2.24, 2.45) is 5.92 Å². The number of hydrogen-bond acceptors (Lipinski definition) is 3. The van der Waals surface area contributed by atoms with Gasteiger partial charge in [0.1, 0.15) is 0 Å². The molecular formula is C8H16N2O2. The SMILES string of the molecule is O=C(NCCO)C1CCCNC1. The zero-order valence-corrected chi connectivity index (χ0v) is 7.18. The summed E-state index contributed by atoms with van der Waals surface area (Å²) in [5.41, 5.74) is 0. The van der Waals surface area contributed by atoms with Crippen molar-refractivity contribution in [1.29, 1.82) is 0 Å². The molecule has 0 aromatic heterocycles. The molecule has 0 aliphatic carbocycles. The first-order chi connectivity index (χ1) is 5.84. The van der Waals surface area contributed by atoms with E-state index in [4.69, 9.17) is 5.11 Å². The van der Waals surface area contributed by atoms with Crippen LogP contribution in [0.5, 0.6) is 0 Å². The van der Waals surface area contributed by atoms with E-state index in [0.29, 0.717) is 6.54 Å². The van der Waals surface area contributed by atoms with Gasteiger partial charge in [-0.2, -0.15) is 0 Å². The van der Waals surface area contributed by atoms with Gasteiger partial charge in [-0.15, -0.1) is 0 Å². The lowest BCUT2D eigenvalue weighted by molar-refractivity contribution is -0.125. The number of amides is 1. The molecule has 70 valence electrons. The zero-order chi connectivity index (χ0) is 8.81. The monoisotopic (exact) mass is 172 g/mol. The highest BCUT2D eigenvalue weighted by Gasteiger charge is 2.19. The summed E-state index contributed by atoms with van der Waals surface area (Å²) in [6, 6.07) is 0. The molecule has 1 rings (SSSR count). The summed E-state index contributed by atoms with van der Waals surface area (Å²) in [5.74, 6) is 0.168. The molecule has 0 radical (unpaired) electrons. The van der Waals surface area contributed by atoms with Crippen LogP contribution >= 0.6 is 0 Å². The predicted molar refractivity (Wildman–Crippen MR) is 45.7 cm³/mol. The van der Waals surface area contributed by atoms with Crippen molar-refractivity contribution in [2.45, 2.75) is 12.8 Å². The summed E-state index contributed by atoms with van der Waals surface area (Å²) in [6.07, 6.45) is 2.03. The summed E-state index contributed by atoms with van der Waals surface area (Å²) < 4.78 is 0. The first-order valence-electron chi connectivity index (χ1n) is 4.44. The largest absolute Gasteiger partial charge is 0.395 e. The van der Waals surface area contributed by atoms with Crippen molar-refractivity contribution in [2.75, 3.05) is 26.2 Å². The number of carbonyl (C=O) groups excluding carboxylic acids is 1. The second-order valence-corrected chi connectivity index (χ2v) is 3.06. The van der Waals surface area contributed by atoms with E-state index in [0.717, 1.165) is 25.9 Å². The molecule has 4 nitrogen and oxygen atoms in total. The lowest BCUT2D eigenvalue weighted by atomic mass is 9.99. The van der Waals surface area contributed by atoms with E-state index in [1.165, 1.54) is 0 Å². The van der Waals surface area contributed by atoms with Crippen LogP contribution in [-0.2, 0) is 4.79 Å². The van der Waals surface area contributed by atoms with Crippen LogP contribution in [0.4, 0.5) is 0 Å². The Labute approximate surface area is 72.3 Å². The Bertz CT molecular complexity index is 144. The molecule has 4 heteroatoms. The second-order valence-electron chi connectivity index (χ2n) is 3.06. The lowest BCUT2D eigenvalue weighted by Gasteiger charge is -2.21. The molecule has 0 saturated carbocycles. The van der Waals surface area contributed by atoms with E-state index in [2.05, 4.69) is 10.6 Å². The Balaban J connectivity index is 2.20. The molecule has 1 atom stereocenters. The summed E-state index contributed by atoms with van der Waals surface area (Å²) >= 11 is 0. The topological polar surface area (TPSA) is 61.4 Å². The Morgan fingerprint density at radius 1 is 1.67 bits per heavy atom. The normalized spacial score (nSPS) is 23.6. The second kappa shape index (κ2) is 5.11. The molecule has 1 heterocycles. The number of aliphatic hydroxyl groups excluding tert-OH is 1. The Kier molecular flexibility index (Phi) is 4.04. The first-order valence-corrected chi connectivity index (χ1v) is 4.44. The van der Waals surface area contributed by atoms with E-state index >= 15 is 0 Å². The summed E-state index contributed by atoms with van der Waals surface area (Å²) in [5, 5.41) is 14.3. The molecule has 1 fully saturated rings. The minimum Gasteiger partial charge on any atom is -0.395 e. The Morgan fingerprint density at radius 3 is 3.08 bits per heavy atom. The molecule has 0 aromatic rings. The number of hydrogen-bond donors (Lipinski definition) is 3. The van der Waals surface area contributed by atoms with Crippen LogP contribution < -0.4 is 10.6 Å². The summed E-state index contributed by atoms with van der Waals surface area (Å²) in [6.45, 7) is 2.18. The average Bonchev–Trinajstić information content (AvgIpc) is 2.15. The van der Waals surface area contributed by atoms with Gasteiger partial charge in [-0.1, -0.05) is 0 Å². The van der Waals surface area contributed by atoms with Gasteiger partial charge in [-0.3, -0.25) is 4.79 Å². The van der Waals surface area contributed by atoms with Gasteiger partial charge in [-0.25, -0.2) is 0 Å². The maximum atomic E-state index is 11.3. The fourth-order valence-electron chi connectivity index (χ4n) is 1.40. The van der Waals surface area contributed by atoms with Crippen LogP contribution in [0.3, 0.4) is 0 Å². The number of rotatable bonds is 3. The predicted octanol–water partition coefficient (Wildman–Crippen LogP) is -0.905. The van der Waals surface area contributed by atoms with Crippen LogP contribution in [-0.4, -0.2) is 37.3 Å². The molecule has 1 unspecified atom stereocenters. The minimum atomic E-state index is 0.0197. The van der Waals surface area contributed by atoms with Crippen molar-refractivity contribution in [3.8, 4) is 0 Å². The minimum absolute atomic E-state index is 0.0197. The van der Waals surface area contributed by atoms with E-state index in [1.54, 1.807) is 0 Å². The van der Waals surface area contributed by atoms with Crippen LogP contribution in [0.1, 0.15) is 12.8 Å². The molecule has 1 aliphatic rings. The highest BCUT2D eigenvalue weighted by Crippen LogP contribution is 2.09. The molecular weight excluding hydrogens is 156 g/mol. The lowest BCUT2D eigenvalue weighted by Crippen LogP contribution is -2.41. The van der Waals surface area contributed by atoms with Gasteiger partial charge in [-0.05, 0) is 19.4 Å². The average molecular weight is 172 g/mol. The third kappa shape index (κ3) is 2.79. The smallest absolute Gasteiger partial charge is 0.224 e. The number of nitrogens with one attached hydrogen (secondary N) is 2. The highest BCUT2D eigenvalue weighted by atomic mass is 16.3. The van der Waals surface area contributed by atoms with Crippen molar-refractivity contribution in [1.82, 2.24) is 10.6 Å². The molecule has 0 spiro atoms. The third-order valence-corrected chi connectivity index (χ3v) is 2.08. The maximum absolute atomic E-state index is 11.3. The molecule has 1 saturated heterocycles. The van der Waals surface area contributed by atoms with Crippen molar-refractivity contribution < 1.29 is 9.90 Å². The van der Waals surface area contributed by atoms with Crippen molar-refractivity contribution in [3.63, 3.8) is 0 Å². The van der Waals surface area contributed by atoms with Crippen molar-refractivity contribution >= 4 is 5.91 Å². The molecule has 0 bridgehead atoms. The van der Waals surface area contributed by atoms with E-state index in [9.17, 15) is 4.79 Å². The highest BCUT2D eigenvalue weighted by molar-refractivity contribution is 5.78. The number of carbonyl (C=O) groups is 1. The van der Waals surface area contributed by atoms with Crippen molar-refractivity contribution in [3.05, 3.63) is 0 Å². The fraction of sp³-hybridized carbons (Fsp3) is 0.875. The molecule has 1 amide bonds. The van der Waals surface area contributed by atoms with Crippen LogP contribution in [0.15, 0.2) is 0 Å². The standard InChI is InChI=1S/C8H16N2O2/c11-5-4-10-8(12)7-2-1-3-9-6-7/h7,9,11H,1-6H2,(H,10,12). The van der Waals surface area contributed by atoms with Crippen LogP contribution in [0.2, 0.25) is 0 Å². The van der Waals surface area contributed by atoms with Gasteiger partial charge < -0.3 is 15.7 Å². The quantitative estimate of drug-likeness (QED) is 0.517. The van der Waals surface area contributed by atoms with E-state index in [-0.39, 0.29) is 18.4 Å². The van der Waals surface area contributed by atoms with E-state index in [1.807, 2.05) is 0 Å². The van der Waals surface area contributed by atoms with Gasteiger partial charge in [0.25, 0.3) is 0 Å². The fourth-order valence-corrected chi connectivity index (χ4v) is 1.40. The Hall–Kier alpha value is -0.610. The maximum Gasteiger partial charge on any atom is 0.224 e. The van der Waals surface area contributed by atoms with Gasteiger partial charge in [0.15, 0.2) is 0 Å². The van der Waals surface area contributed by atoms with Gasteiger partial charge in [0.2, 0.25) is 5.91 Å². The molecule has 0 aromatic carbocycles. The summed E-state index contributed by atoms with van der Waals surface area (Å²) in [4.78, 5) is 11.3. The zero-order valence-electron chi connectivity index (χ0n) is 7.18. The summed E-state index contributed by atoms with van der Waals surface area (Å²) in [7, 11) is 0. The first kappa shape index (κ1) is 9.48. The van der Waals surface area contributed by atoms with E-state index < -0.39 is 0 Å².